The molecular weight excluding hydrogens is 134 g/mol. The number of aliphatic hydroxyl groups excluding tert-OH is 1. The molecule has 0 fully saturated rings. The van der Waals surface area contributed by atoms with E-state index in [0.29, 0.717) is 0 Å². The van der Waals surface area contributed by atoms with E-state index in [1.54, 1.807) is 6.92 Å². The molecule has 0 amide bonds. The number of rotatable bonds is 0. The first-order valence-corrected chi connectivity index (χ1v) is 1.02. The van der Waals surface area contributed by atoms with Crippen molar-refractivity contribution in [3.8, 4) is 0 Å². The molecule has 0 aliphatic rings. The van der Waals surface area contributed by atoms with Crippen LogP contribution in [0.4, 0.5) is 0 Å². The first-order valence-electron chi connectivity index (χ1n) is 1.02. The Morgan fingerprint density at radius 1 is 1.29 bits per heavy atom. The third kappa shape index (κ3) is 63.1. The topological polar surface area (TPSA) is 51.7 Å². The van der Waals surface area contributed by atoms with Gasteiger partial charge in [-0.3, -0.25) is 0 Å². The van der Waals surface area contributed by atoms with E-state index in [0.717, 1.165) is 0 Å². The van der Waals surface area contributed by atoms with Crippen molar-refractivity contribution in [3.05, 3.63) is 0 Å². The van der Waals surface area contributed by atoms with E-state index < -0.39 is 0 Å². The van der Waals surface area contributed by atoms with Crippen molar-refractivity contribution >= 4 is 13.5 Å². The van der Waals surface area contributed by atoms with Gasteiger partial charge in [0.1, 0.15) is 0 Å². The Kier molecular flexibility index (Phi) is 203. The van der Waals surface area contributed by atoms with Crippen LogP contribution in [0.1, 0.15) is 6.92 Å². The fourth-order valence-electron chi connectivity index (χ4n) is 0. The van der Waals surface area contributed by atoms with Crippen molar-refractivity contribution < 1.29 is 69.7 Å². The Morgan fingerprint density at radius 3 is 1.29 bits per heavy atom. The zero-order valence-electron chi connectivity index (χ0n) is 5.06. The largest absolute Gasteiger partial charge is 2.00 e. The summed E-state index contributed by atoms with van der Waals surface area (Å²) in [5, 5.41) is 7.57. The van der Waals surface area contributed by atoms with Gasteiger partial charge in [0.05, 0.1) is 0 Å². The van der Waals surface area contributed by atoms with Crippen molar-refractivity contribution in [1.29, 1.82) is 0 Å². The summed E-state index contributed by atoms with van der Waals surface area (Å²) in [6.07, 6.45) is 0. The van der Waals surface area contributed by atoms with Gasteiger partial charge in [0.25, 0.3) is 0 Å². The number of hydrogen-bond donors (Lipinski definition) is 1. The molecule has 0 aromatic rings. The van der Waals surface area contributed by atoms with Crippen molar-refractivity contribution in [1.82, 2.24) is 0 Å². The smallest absolute Gasteiger partial charge is 1.00 e. The van der Waals surface area contributed by atoms with Crippen LogP contribution in [-0.4, -0.2) is 17.2 Å². The molecule has 3 N–H and O–H groups in total. The molecule has 0 aliphatic carbocycles. The van der Waals surface area contributed by atoms with Crippen molar-refractivity contribution in [2.24, 2.45) is 0 Å². The van der Waals surface area contributed by atoms with E-state index in [-0.39, 0.29) is 84.7 Å². The van der Waals surface area contributed by atoms with Gasteiger partial charge in [-0.1, -0.05) is 0 Å². The molecule has 0 heterocycles. The molecule has 0 aromatic carbocycles. The van der Waals surface area contributed by atoms with Crippen LogP contribution in [0.15, 0.2) is 0 Å². The second kappa shape index (κ2) is 40.9. The minimum Gasteiger partial charge on any atom is -2.00 e. The van der Waals surface area contributed by atoms with Crippen molar-refractivity contribution in [2.75, 3.05) is 6.61 Å². The Morgan fingerprint density at radius 2 is 1.29 bits per heavy atom. The summed E-state index contributed by atoms with van der Waals surface area (Å²) in [6.45, 7) is 1.93. The predicted octanol–water partition coefficient (Wildman–Crippen LogP) is -6.82. The van der Waals surface area contributed by atoms with Crippen LogP contribution in [0.2, 0.25) is 0 Å². The SMILES string of the molecule is CCO.O.[Na+].[Na+].[S-2]. The normalized spacial score (nSPS) is 2.57. The molecule has 0 aromatic heterocycles. The second-order valence-corrected chi connectivity index (χ2v) is 0.316. The second-order valence-electron chi connectivity index (χ2n) is 0.316. The van der Waals surface area contributed by atoms with Crippen LogP contribution in [0.25, 0.3) is 0 Å². The fourth-order valence-corrected chi connectivity index (χ4v) is 0. The summed E-state index contributed by atoms with van der Waals surface area (Å²) >= 11 is 0. The molecule has 0 unspecified atom stereocenters. The molecule has 0 saturated heterocycles. The maximum atomic E-state index is 7.57. The van der Waals surface area contributed by atoms with E-state index in [1.165, 1.54) is 0 Å². The molecule has 0 bridgehead atoms. The average molecular weight is 142 g/mol. The van der Waals surface area contributed by atoms with Gasteiger partial charge < -0.3 is 24.1 Å². The minimum atomic E-state index is 0. The maximum Gasteiger partial charge on any atom is 1.00 e. The van der Waals surface area contributed by atoms with Crippen LogP contribution >= 0.6 is 0 Å². The first kappa shape index (κ1) is 34.8. The van der Waals surface area contributed by atoms with Crippen molar-refractivity contribution in [2.45, 2.75) is 6.92 Å². The first-order chi connectivity index (χ1) is 1.41. The van der Waals surface area contributed by atoms with Crippen LogP contribution < -0.4 is 59.1 Å². The minimum absolute atomic E-state index is 0. The summed E-state index contributed by atoms with van der Waals surface area (Å²) in [5.74, 6) is 0. The molecule has 0 atom stereocenters. The Labute approximate surface area is 95.4 Å². The molecule has 7 heavy (non-hydrogen) atoms. The van der Waals surface area contributed by atoms with Crippen LogP contribution in [0.3, 0.4) is 0 Å². The molecule has 0 rings (SSSR count). The van der Waals surface area contributed by atoms with Crippen LogP contribution in [-0.2, 0) is 13.5 Å². The Balaban J connectivity index is -0.00000000333. The predicted molar refractivity (Wildman–Crippen MR) is 23.7 cm³/mol. The average Bonchev–Trinajstić information content (AvgIpc) is 0.918. The van der Waals surface area contributed by atoms with Gasteiger partial charge in [-0.05, 0) is 6.92 Å². The van der Waals surface area contributed by atoms with Gasteiger partial charge in [-0.2, -0.15) is 0 Å². The van der Waals surface area contributed by atoms with E-state index in [9.17, 15) is 0 Å². The van der Waals surface area contributed by atoms with E-state index in [1.807, 2.05) is 0 Å². The van der Waals surface area contributed by atoms with E-state index in [2.05, 4.69) is 0 Å². The molecule has 0 aliphatic heterocycles. The van der Waals surface area contributed by atoms with Gasteiger partial charge in [0.15, 0.2) is 0 Å². The standard InChI is InChI=1S/C2H6O.2Na.H2O.S/c1-2-3;;;;/h3H,2H2,1H3;;;1H2;/q;2*+1;;-2. The van der Waals surface area contributed by atoms with E-state index in [4.69, 9.17) is 5.11 Å². The number of aliphatic hydroxyl groups is 1. The molecule has 0 radical (unpaired) electrons. The summed E-state index contributed by atoms with van der Waals surface area (Å²) in [5.41, 5.74) is 0. The third-order valence-electron chi connectivity index (χ3n) is 0. The summed E-state index contributed by atoms with van der Waals surface area (Å²) in [6, 6.07) is 0. The Bertz CT molecular complexity index is 13.7. The molecule has 5 heteroatoms. The molecular formula is C2H8Na2O2S. The maximum absolute atomic E-state index is 7.57. The van der Waals surface area contributed by atoms with E-state index >= 15 is 0 Å². The molecule has 0 saturated carbocycles. The molecule has 36 valence electrons. The zero-order valence-corrected chi connectivity index (χ0v) is 9.88. The monoisotopic (exact) mass is 142 g/mol. The van der Waals surface area contributed by atoms with Gasteiger partial charge >= 0.3 is 59.1 Å². The van der Waals surface area contributed by atoms with Gasteiger partial charge in [0, 0.05) is 6.61 Å². The molecule has 2 nitrogen and oxygen atoms in total. The Hall–Kier alpha value is 2.27. The van der Waals surface area contributed by atoms with Gasteiger partial charge in [0.2, 0.25) is 0 Å². The van der Waals surface area contributed by atoms with Gasteiger partial charge in [-0.25, -0.2) is 0 Å². The summed E-state index contributed by atoms with van der Waals surface area (Å²) in [4.78, 5) is 0. The van der Waals surface area contributed by atoms with Crippen LogP contribution in [0.5, 0.6) is 0 Å². The van der Waals surface area contributed by atoms with Crippen molar-refractivity contribution in [3.63, 3.8) is 0 Å². The fraction of sp³-hybridized carbons (Fsp3) is 1.00. The van der Waals surface area contributed by atoms with Gasteiger partial charge in [-0.15, -0.1) is 0 Å². The zero-order chi connectivity index (χ0) is 2.71. The quantitative estimate of drug-likeness (QED) is 0.336. The van der Waals surface area contributed by atoms with Crippen LogP contribution in [0, 0.1) is 0 Å². The summed E-state index contributed by atoms with van der Waals surface area (Å²) in [7, 11) is 0. The summed E-state index contributed by atoms with van der Waals surface area (Å²) < 4.78 is 0. The third-order valence-corrected chi connectivity index (χ3v) is 0. The molecule has 0 spiro atoms. The number of hydrogen-bond acceptors (Lipinski definition) is 1.